The van der Waals surface area contributed by atoms with Crippen LogP contribution in [0.25, 0.3) is 0 Å². The maximum Gasteiger partial charge on any atom is 0.244 e. The third kappa shape index (κ3) is 4.86. The Morgan fingerprint density at radius 3 is 2.48 bits per heavy atom. The highest BCUT2D eigenvalue weighted by Gasteiger charge is 2.34. The highest BCUT2D eigenvalue weighted by molar-refractivity contribution is 7.89. The Morgan fingerprint density at radius 2 is 1.92 bits per heavy atom. The van der Waals surface area contributed by atoms with Gasteiger partial charge in [0.25, 0.3) is 0 Å². The van der Waals surface area contributed by atoms with E-state index in [1.54, 1.807) is 13.8 Å². The fourth-order valence-electron chi connectivity index (χ4n) is 2.65. The van der Waals surface area contributed by atoms with Gasteiger partial charge in [-0.05, 0) is 44.9 Å². The zero-order chi connectivity index (χ0) is 18.8. The van der Waals surface area contributed by atoms with Gasteiger partial charge >= 0.3 is 0 Å². The zero-order valence-corrected chi connectivity index (χ0v) is 16.5. The Balaban J connectivity index is 2.06. The highest BCUT2D eigenvalue weighted by atomic mass is 35.5. The lowest BCUT2D eigenvalue weighted by Crippen LogP contribution is -2.50. The summed E-state index contributed by atoms with van der Waals surface area (Å²) in [6.45, 7) is 3.74. The normalized spacial score (nSPS) is 17.5. The van der Waals surface area contributed by atoms with Gasteiger partial charge in [-0.25, -0.2) is 8.42 Å². The quantitative estimate of drug-likeness (QED) is 0.781. The molecule has 2 N–H and O–H groups in total. The number of sulfonamides is 1. The second-order valence-electron chi connectivity index (χ2n) is 6.78. The van der Waals surface area contributed by atoms with Gasteiger partial charge in [0.1, 0.15) is 4.90 Å². The van der Waals surface area contributed by atoms with Crippen LogP contribution in [0.2, 0.25) is 10.0 Å². The second kappa shape index (κ2) is 7.80. The maximum absolute atomic E-state index is 12.8. The van der Waals surface area contributed by atoms with Crippen LogP contribution in [0.1, 0.15) is 26.7 Å². The predicted molar refractivity (Wildman–Crippen MR) is 97.3 cm³/mol. The van der Waals surface area contributed by atoms with Crippen LogP contribution in [0.4, 0.5) is 0 Å². The zero-order valence-electron chi connectivity index (χ0n) is 14.1. The van der Waals surface area contributed by atoms with Crippen LogP contribution in [0.5, 0.6) is 0 Å². The Morgan fingerprint density at radius 1 is 1.32 bits per heavy atom. The fourth-order valence-corrected chi connectivity index (χ4v) is 4.85. The number of aliphatic hydroxyl groups is 1. The smallest absolute Gasteiger partial charge is 0.244 e. The second-order valence-corrected chi connectivity index (χ2v) is 9.53. The molecule has 0 bridgehead atoms. The van der Waals surface area contributed by atoms with Gasteiger partial charge in [0.05, 0.1) is 17.2 Å². The molecule has 1 aromatic rings. The number of amides is 1. The van der Waals surface area contributed by atoms with Gasteiger partial charge in [-0.3, -0.25) is 4.79 Å². The molecule has 25 heavy (non-hydrogen) atoms. The van der Waals surface area contributed by atoms with E-state index in [9.17, 15) is 18.3 Å². The number of halogens is 2. The fraction of sp³-hybridized carbons (Fsp3) is 0.562. The molecule has 0 aliphatic carbocycles. The lowest BCUT2D eigenvalue weighted by molar-refractivity contribution is -0.128. The standard InChI is InChI=1S/C16H22Cl2N2O4S/c1-16(2,10-21)19-15(22)11-5-7-20(8-6-11)25(23,24)14-9-12(17)3-4-13(14)18/h3-4,9,11,21H,5-8,10H2,1-2H3,(H,19,22). The van der Waals surface area contributed by atoms with E-state index in [1.807, 2.05) is 0 Å². The van der Waals surface area contributed by atoms with E-state index in [1.165, 1.54) is 22.5 Å². The van der Waals surface area contributed by atoms with E-state index in [-0.39, 0.29) is 41.4 Å². The molecule has 1 aliphatic heterocycles. The number of nitrogens with zero attached hydrogens (tertiary/aromatic N) is 1. The van der Waals surface area contributed by atoms with Crippen molar-refractivity contribution in [3.05, 3.63) is 28.2 Å². The van der Waals surface area contributed by atoms with Crippen LogP contribution in [-0.2, 0) is 14.8 Å². The lowest BCUT2D eigenvalue weighted by atomic mass is 9.95. The lowest BCUT2D eigenvalue weighted by Gasteiger charge is -2.33. The van der Waals surface area contributed by atoms with Crippen LogP contribution in [-0.4, -0.2) is 49.0 Å². The van der Waals surface area contributed by atoms with Gasteiger partial charge in [0.2, 0.25) is 15.9 Å². The molecule has 1 fully saturated rings. The number of carbonyl (C=O) groups is 1. The predicted octanol–water partition coefficient (Wildman–Crippen LogP) is 2.28. The van der Waals surface area contributed by atoms with Crippen LogP contribution in [0.3, 0.4) is 0 Å². The van der Waals surface area contributed by atoms with E-state index in [0.717, 1.165) is 0 Å². The molecule has 1 saturated heterocycles. The van der Waals surface area contributed by atoms with Gasteiger partial charge < -0.3 is 10.4 Å². The summed E-state index contributed by atoms with van der Waals surface area (Å²) in [5.41, 5.74) is -0.700. The van der Waals surface area contributed by atoms with Crippen molar-refractivity contribution in [2.75, 3.05) is 19.7 Å². The summed E-state index contributed by atoms with van der Waals surface area (Å²) in [5.74, 6) is -0.455. The Kier molecular flexibility index (Phi) is 6.38. The van der Waals surface area contributed by atoms with Crippen molar-refractivity contribution in [1.29, 1.82) is 0 Å². The summed E-state index contributed by atoms with van der Waals surface area (Å²) in [7, 11) is -3.76. The van der Waals surface area contributed by atoms with Gasteiger partial charge in [-0.2, -0.15) is 4.31 Å². The molecule has 1 amide bonds. The molecule has 1 heterocycles. The van der Waals surface area contributed by atoms with Crippen molar-refractivity contribution in [3.8, 4) is 0 Å². The number of carbonyl (C=O) groups excluding carboxylic acids is 1. The minimum Gasteiger partial charge on any atom is -0.394 e. The molecule has 6 nitrogen and oxygen atoms in total. The van der Waals surface area contributed by atoms with E-state index in [0.29, 0.717) is 17.9 Å². The van der Waals surface area contributed by atoms with Crippen molar-refractivity contribution in [3.63, 3.8) is 0 Å². The molecule has 0 radical (unpaired) electrons. The van der Waals surface area contributed by atoms with Crippen LogP contribution in [0.15, 0.2) is 23.1 Å². The van der Waals surface area contributed by atoms with Gasteiger partial charge in [0.15, 0.2) is 0 Å². The number of piperidine rings is 1. The number of benzene rings is 1. The first kappa shape index (κ1) is 20.5. The number of nitrogens with one attached hydrogen (secondary N) is 1. The molecular weight excluding hydrogens is 387 g/mol. The van der Waals surface area contributed by atoms with Crippen molar-refractivity contribution in [2.24, 2.45) is 5.92 Å². The minimum absolute atomic E-state index is 0.0222. The summed E-state index contributed by atoms with van der Waals surface area (Å²) in [4.78, 5) is 12.2. The summed E-state index contributed by atoms with van der Waals surface area (Å²) < 4.78 is 26.8. The van der Waals surface area contributed by atoms with E-state index in [2.05, 4.69) is 5.32 Å². The number of aliphatic hydroxyl groups excluding tert-OH is 1. The van der Waals surface area contributed by atoms with Crippen molar-refractivity contribution < 1.29 is 18.3 Å². The van der Waals surface area contributed by atoms with Crippen molar-refractivity contribution in [1.82, 2.24) is 9.62 Å². The third-order valence-corrected chi connectivity index (χ3v) is 6.81. The van der Waals surface area contributed by atoms with Crippen LogP contribution in [0, 0.1) is 5.92 Å². The van der Waals surface area contributed by atoms with Crippen molar-refractivity contribution in [2.45, 2.75) is 37.1 Å². The number of rotatable bonds is 5. The van der Waals surface area contributed by atoms with E-state index >= 15 is 0 Å². The summed E-state index contributed by atoms with van der Waals surface area (Å²) in [5, 5.41) is 12.4. The van der Waals surface area contributed by atoms with Gasteiger partial charge in [0, 0.05) is 24.0 Å². The van der Waals surface area contributed by atoms with Crippen LogP contribution < -0.4 is 5.32 Å². The maximum atomic E-state index is 12.8. The highest BCUT2D eigenvalue weighted by Crippen LogP contribution is 2.30. The van der Waals surface area contributed by atoms with Crippen molar-refractivity contribution >= 4 is 39.1 Å². The molecule has 1 aromatic carbocycles. The molecule has 1 aliphatic rings. The number of hydrogen-bond acceptors (Lipinski definition) is 4. The Labute approximate surface area is 158 Å². The third-order valence-electron chi connectivity index (χ3n) is 4.19. The Hall–Kier alpha value is -0.860. The van der Waals surface area contributed by atoms with Gasteiger partial charge in [-0.15, -0.1) is 0 Å². The Bertz CT molecular complexity index is 745. The average molecular weight is 409 g/mol. The average Bonchev–Trinajstić information content (AvgIpc) is 2.56. The SMILES string of the molecule is CC(C)(CO)NC(=O)C1CCN(S(=O)(=O)c2cc(Cl)ccc2Cl)CC1. The molecule has 0 unspecified atom stereocenters. The van der Waals surface area contributed by atoms with E-state index < -0.39 is 15.6 Å². The molecule has 9 heteroatoms. The molecule has 0 saturated carbocycles. The molecule has 140 valence electrons. The molecule has 0 atom stereocenters. The van der Waals surface area contributed by atoms with Crippen LogP contribution >= 0.6 is 23.2 Å². The molecular formula is C16H22Cl2N2O4S. The topological polar surface area (TPSA) is 86.7 Å². The van der Waals surface area contributed by atoms with Gasteiger partial charge in [-0.1, -0.05) is 23.2 Å². The first-order valence-corrected chi connectivity index (χ1v) is 10.1. The molecule has 2 rings (SSSR count). The number of hydrogen-bond donors (Lipinski definition) is 2. The largest absolute Gasteiger partial charge is 0.394 e. The summed E-state index contributed by atoms with van der Waals surface area (Å²) in [6.07, 6.45) is 0.815. The summed E-state index contributed by atoms with van der Waals surface area (Å²) in [6, 6.07) is 4.32. The summed E-state index contributed by atoms with van der Waals surface area (Å²) >= 11 is 11.9. The minimum atomic E-state index is -3.76. The molecule has 0 spiro atoms. The first-order chi connectivity index (χ1) is 11.6. The van der Waals surface area contributed by atoms with E-state index in [4.69, 9.17) is 23.2 Å². The molecule has 0 aromatic heterocycles. The first-order valence-electron chi connectivity index (χ1n) is 7.95. The monoisotopic (exact) mass is 408 g/mol.